The Bertz CT molecular complexity index is 388. The standard InChI is InChI=1S/C12H19N3O2S/c1-2-9-8-18-12(15-9)7-14-11(16)5-10-6-13-3-4-17-10/h8,10,13H,2-7H2,1H3,(H,14,16). The van der Waals surface area contributed by atoms with Crippen molar-refractivity contribution in [1.82, 2.24) is 15.6 Å². The number of carbonyl (C=O) groups excluding carboxylic acids is 1. The highest BCUT2D eigenvalue weighted by Crippen LogP contribution is 2.10. The Morgan fingerprint density at radius 1 is 1.72 bits per heavy atom. The number of amides is 1. The molecule has 1 saturated heterocycles. The van der Waals surface area contributed by atoms with Crippen LogP contribution in [0, 0.1) is 0 Å². The van der Waals surface area contributed by atoms with E-state index in [-0.39, 0.29) is 12.0 Å². The Hall–Kier alpha value is -0.980. The van der Waals surface area contributed by atoms with Crippen LogP contribution in [0.25, 0.3) is 0 Å². The number of nitrogens with zero attached hydrogens (tertiary/aromatic N) is 1. The molecule has 1 atom stereocenters. The molecule has 1 aromatic heterocycles. The predicted molar refractivity (Wildman–Crippen MR) is 70.6 cm³/mol. The van der Waals surface area contributed by atoms with Crippen LogP contribution in [0.4, 0.5) is 0 Å². The molecule has 0 aromatic carbocycles. The first-order valence-corrected chi connectivity index (χ1v) is 7.18. The fraction of sp³-hybridized carbons (Fsp3) is 0.667. The van der Waals surface area contributed by atoms with Gasteiger partial charge in [-0.2, -0.15) is 0 Å². The third kappa shape index (κ3) is 4.04. The zero-order chi connectivity index (χ0) is 12.8. The fourth-order valence-electron chi connectivity index (χ4n) is 1.80. The number of thiazole rings is 1. The molecule has 0 saturated carbocycles. The molecule has 0 radical (unpaired) electrons. The van der Waals surface area contributed by atoms with Crippen LogP contribution in [-0.4, -0.2) is 36.7 Å². The Kier molecular flexibility index (Phi) is 5.10. The second-order valence-electron chi connectivity index (χ2n) is 4.26. The first kappa shape index (κ1) is 13.5. The largest absolute Gasteiger partial charge is 0.375 e. The Balaban J connectivity index is 1.70. The molecule has 0 spiro atoms. The van der Waals surface area contributed by atoms with Crippen molar-refractivity contribution < 1.29 is 9.53 Å². The summed E-state index contributed by atoms with van der Waals surface area (Å²) in [6, 6.07) is 0. The summed E-state index contributed by atoms with van der Waals surface area (Å²) < 4.78 is 5.49. The number of aromatic nitrogens is 1. The topological polar surface area (TPSA) is 63.2 Å². The maximum Gasteiger partial charge on any atom is 0.223 e. The minimum absolute atomic E-state index is 0.00116. The highest BCUT2D eigenvalue weighted by atomic mass is 32.1. The number of rotatable bonds is 5. The Labute approximate surface area is 111 Å². The number of carbonyl (C=O) groups is 1. The third-order valence-electron chi connectivity index (χ3n) is 2.82. The molecule has 1 fully saturated rings. The van der Waals surface area contributed by atoms with E-state index in [0.29, 0.717) is 19.6 Å². The lowest BCUT2D eigenvalue weighted by Gasteiger charge is -2.22. The van der Waals surface area contributed by atoms with E-state index in [9.17, 15) is 4.79 Å². The summed E-state index contributed by atoms with van der Waals surface area (Å²) in [5.41, 5.74) is 1.09. The predicted octanol–water partition coefficient (Wildman–Crippen LogP) is 0.700. The zero-order valence-electron chi connectivity index (χ0n) is 10.6. The average molecular weight is 269 g/mol. The van der Waals surface area contributed by atoms with Crippen LogP contribution in [0.15, 0.2) is 5.38 Å². The van der Waals surface area contributed by atoms with Gasteiger partial charge in [-0.15, -0.1) is 11.3 Å². The van der Waals surface area contributed by atoms with Crippen LogP contribution in [0.1, 0.15) is 24.0 Å². The molecule has 0 aliphatic carbocycles. The minimum atomic E-state index is 0.00116. The highest BCUT2D eigenvalue weighted by Gasteiger charge is 2.17. The van der Waals surface area contributed by atoms with Gasteiger partial charge < -0.3 is 15.4 Å². The van der Waals surface area contributed by atoms with E-state index in [1.54, 1.807) is 11.3 Å². The Morgan fingerprint density at radius 2 is 2.61 bits per heavy atom. The zero-order valence-corrected chi connectivity index (χ0v) is 11.4. The monoisotopic (exact) mass is 269 g/mol. The van der Waals surface area contributed by atoms with Crippen LogP contribution in [-0.2, 0) is 22.5 Å². The van der Waals surface area contributed by atoms with Crippen molar-refractivity contribution in [2.45, 2.75) is 32.4 Å². The van der Waals surface area contributed by atoms with Gasteiger partial charge in [0, 0.05) is 18.5 Å². The Morgan fingerprint density at radius 3 is 3.28 bits per heavy atom. The van der Waals surface area contributed by atoms with Crippen molar-refractivity contribution in [2.75, 3.05) is 19.7 Å². The summed E-state index contributed by atoms with van der Waals surface area (Å²) in [4.78, 5) is 16.1. The molecule has 1 aliphatic heterocycles. The molecule has 5 nitrogen and oxygen atoms in total. The number of hydrogen-bond acceptors (Lipinski definition) is 5. The quantitative estimate of drug-likeness (QED) is 0.826. The summed E-state index contributed by atoms with van der Waals surface area (Å²) in [6.45, 7) is 4.90. The van der Waals surface area contributed by atoms with Gasteiger partial charge in [0.1, 0.15) is 5.01 Å². The normalized spacial score (nSPS) is 19.7. The van der Waals surface area contributed by atoms with Crippen LogP contribution in [0.5, 0.6) is 0 Å². The summed E-state index contributed by atoms with van der Waals surface area (Å²) in [6.07, 6.45) is 1.35. The van der Waals surface area contributed by atoms with E-state index in [0.717, 1.165) is 30.2 Å². The van der Waals surface area contributed by atoms with Gasteiger partial charge in [-0.3, -0.25) is 4.79 Å². The first-order chi connectivity index (χ1) is 8.78. The van der Waals surface area contributed by atoms with E-state index in [4.69, 9.17) is 4.74 Å². The molecule has 2 rings (SSSR count). The maximum absolute atomic E-state index is 11.7. The smallest absolute Gasteiger partial charge is 0.223 e. The molecule has 0 bridgehead atoms. The summed E-state index contributed by atoms with van der Waals surface area (Å²) in [7, 11) is 0. The lowest BCUT2D eigenvalue weighted by Crippen LogP contribution is -2.41. The first-order valence-electron chi connectivity index (χ1n) is 6.30. The molecule has 1 aliphatic rings. The number of morpholine rings is 1. The summed E-state index contributed by atoms with van der Waals surface area (Å²) in [5.74, 6) is 0.0250. The lowest BCUT2D eigenvalue weighted by molar-refractivity contribution is -0.124. The van der Waals surface area contributed by atoms with Gasteiger partial charge in [0.2, 0.25) is 5.91 Å². The number of aryl methyl sites for hydroxylation is 1. The van der Waals surface area contributed by atoms with Crippen LogP contribution in [0.3, 0.4) is 0 Å². The lowest BCUT2D eigenvalue weighted by atomic mass is 10.2. The average Bonchev–Trinajstić information content (AvgIpc) is 2.85. The van der Waals surface area contributed by atoms with E-state index in [2.05, 4.69) is 22.5 Å². The van der Waals surface area contributed by atoms with Gasteiger partial charge in [0.15, 0.2) is 0 Å². The van der Waals surface area contributed by atoms with Crippen molar-refractivity contribution in [3.63, 3.8) is 0 Å². The van der Waals surface area contributed by atoms with Crippen LogP contribution in [0.2, 0.25) is 0 Å². The third-order valence-corrected chi connectivity index (χ3v) is 3.71. The highest BCUT2D eigenvalue weighted by molar-refractivity contribution is 7.09. The molecular formula is C12H19N3O2S. The number of nitrogens with one attached hydrogen (secondary N) is 2. The molecule has 2 heterocycles. The van der Waals surface area contributed by atoms with Crippen molar-refractivity contribution >= 4 is 17.2 Å². The minimum Gasteiger partial charge on any atom is -0.375 e. The molecule has 6 heteroatoms. The summed E-state index contributed by atoms with van der Waals surface area (Å²) in [5, 5.41) is 9.09. The maximum atomic E-state index is 11.7. The van der Waals surface area contributed by atoms with Gasteiger partial charge in [-0.05, 0) is 6.42 Å². The molecule has 100 valence electrons. The number of hydrogen-bond donors (Lipinski definition) is 2. The molecular weight excluding hydrogens is 250 g/mol. The molecule has 2 N–H and O–H groups in total. The SMILES string of the molecule is CCc1csc(CNC(=O)CC2CNCCO2)n1. The van der Waals surface area contributed by atoms with E-state index in [1.807, 2.05) is 5.38 Å². The molecule has 1 amide bonds. The molecule has 1 aromatic rings. The number of ether oxygens (including phenoxy) is 1. The van der Waals surface area contributed by atoms with Crippen molar-refractivity contribution in [3.05, 3.63) is 16.1 Å². The summed E-state index contributed by atoms with van der Waals surface area (Å²) >= 11 is 1.59. The van der Waals surface area contributed by atoms with Crippen LogP contribution < -0.4 is 10.6 Å². The van der Waals surface area contributed by atoms with Gasteiger partial charge in [-0.25, -0.2) is 4.98 Å². The van der Waals surface area contributed by atoms with Gasteiger partial charge in [0.25, 0.3) is 0 Å². The molecule has 1 unspecified atom stereocenters. The van der Waals surface area contributed by atoms with Gasteiger partial charge in [0.05, 0.1) is 31.4 Å². The van der Waals surface area contributed by atoms with Crippen molar-refractivity contribution in [1.29, 1.82) is 0 Å². The van der Waals surface area contributed by atoms with Crippen molar-refractivity contribution in [3.8, 4) is 0 Å². The van der Waals surface area contributed by atoms with Crippen LogP contribution >= 0.6 is 11.3 Å². The second-order valence-corrected chi connectivity index (χ2v) is 5.21. The van der Waals surface area contributed by atoms with Gasteiger partial charge in [-0.1, -0.05) is 6.92 Å². The molecule has 18 heavy (non-hydrogen) atoms. The second kappa shape index (κ2) is 6.82. The van der Waals surface area contributed by atoms with Crippen molar-refractivity contribution in [2.24, 2.45) is 0 Å². The van der Waals surface area contributed by atoms with E-state index >= 15 is 0 Å². The van der Waals surface area contributed by atoms with E-state index in [1.165, 1.54) is 0 Å². The van der Waals surface area contributed by atoms with E-state index < -0.39 is 0 Å². The van der Waals surface area contributed by atoms with Gasteiger partial charge >= 0.3 is 0 Å². The fourth-order valence-corrected chi connectivity index (χ4v) is 2.61.